The van der Waals surface area contributed by atoms with Gasteiger partial charge in [0.25, 0.3) is 0 Å². The van der Waals surface area contributed by atoms with Crippen molar-refractivity contribution in [2.24, 2.45) is 16.3 Å². The maximum Gasteiger partial charge on any atom is 0.191 e. The molecule has 2 fully saturated rings. The van der Waals surface area contributed by atoms with E-state index in [4.69, 9.17) is 4.74 Å². The highest BCUT2D eigenvalue weighted by Gasteiger charge is 2.33. The fourth-order valence-electron chi connectivity index (χ4n) is 4.00. The molecular formula is C18H36N4O. The molecule has 2 rings (SSSR count). The molecule has 0 aromatic carbocycles. The fraction of sp³-hybridized carbons (Fsp3) is 0.944. The van der Waals surface area contributed by atoms with Gasteiger partial charge in [-0.2, -0.15) is 0 Å². The Labute approximate surface area is 142 Å². The third-order valence-electron chi connectivity index (χ3n) is 5.55. The molecule has 0 aromatic rings. The van der Waals surface area contributed by atoms with Gasteiger partial charge >= 0.3 is 0 Å². The van der Waals surface area contributed by atoms with Gasteiger partial charge in [-0.1, -0.05) is 12.8 Å². The van der Waals surface area contributed by atoms with Crippen LogP contribution in [0.4, 0.5) is 0 Å². The Balaban J connectivity index is 1.74. The summed E-state index contributed by atoms with van der Waals surface area (Å²) in [6.07, 6.45) is 7.80. The minimum Gasteiger partial charge on any atom is -0.382 e. The highest BCUT2D eigenvalue weighted by molar-refractivity contribution is 5.79. The van der Waals surface area contributed by atoms with Gasteiger partial charge in [0.15, 0.2) is 5.96 Å². The summed E-state index contributed by atoms with van der Waals surface area (Å²) in [4.78, 5) is 6.81. The molecule has 1 aliphatic carbocycles. The lowest BCUT2D eigenvalue weighted by atomic mass is 9.83. The van der Waals surface area contributed by atoms with Crippen LogP contribution in [0.15, 0.2) is 4.99 Å². The highest BCUT2D eigenvalue weighted by Crippen LogP contribution is 2.40. The molecule has 1 aliphatic heterocycles. The van der Waals surface area contributed by atoms with Crippen LogP contribution in [0.5, 0.6) is 0 Å². The Morgan fingerprint density at radius 3 is 2.70 bits per heavy atom. The van der Waals surface area contributed by atoms with Gasteiger partial charge in [0.05, 0.1) is 0 Å². The summed E-state index contributed by atoms with van der Waals surface area (Å²) in [7, 11) is 4.08. The normalized spacial score (nSPS) is 25.0. The topological polar surface area (TPSA) is 48.9 Å². The van der Waals surface area contributed by atoms with Crippen LogP contribution < -0.4 is 10.6 Å². The summed E-state index contributed by atoms with van der Waals surface area (Å²) in [6.45, 7) is 8.24. The number of guanidine groups is 1. The number of aliphatic imine (C=N–C) groups is 1. The molecule has 1 unspecified atom stereocenters. The van der Waals surface area contributed by atoms with Crippen molar-refractivity contribution in [1.82, 2.24) is 15.5 Å². The summed E-state index contributed by atoms with van der Waals surface area (Å²) in [5.74, 6) is 1.71. The quantitative estimate of drug-likeness (QED) is 0.408. The third-order valence-corrected chi connectivity index (χ3v) is 5.55. The van der Waals surface area contributed by atoms with E-state index in [9.17, 15) is 0 Å². The Bertz CT molecular complexity index is 366. The Hall–Kier alpha value is -0.810. The lowest BCUT2D eigenvalue weighted by Crippen LogP contribution is -2.44. The van der Waals surface area contributed by atoms with Crippen LogP contribution in [0, 0.1) is 11.3 Å². The van der Waals surface area contributed by atoms with E-state index in [1.807, 2.05) is 7.05 Å². The van der Waals surface area contributed by atoms with Crippen LogP contribution in [0.25, 0.3) is 0 Å². The van der Waals surface area contributed by atoms with Crippen molar-refractivity contribution in [2.75, 3.05) is 53.5 Å². The van der Waals surface area contributed by atoms with Gasteiger partial charge in [0.1, 0.15) is 0 Å². The lowest BCUT2D eigenvalue weighted by molar-refractivity contribution is 0.105. The summed E-state index contributed by atoms with van der Waals surface area (Å²) >= 11 is 0. The Morgan fingerprint density at radius 2 is 2.09 bits per heavy atom. The maximum atomic E-state index is 5.60. The second kappa shape index (κ2) is 9.48. The molecule has 5 heteroatoms. The first kappa shape index (κ1) is 18.5. The van der Waals surface area contributed by atoms with E-state index in [1.54, 1.807) is 0 Å². The molecule has 2 N–H and O–H groups in total. The average Bonchev–Trinajstić information content (AvgIpc) is 3.18. The fourth-order valence-corrected chi connectivity index (χ4v) is 4.00. The predicted octanol–water partition coefficient (Wildman–Crippen LogP) is 2.09. The first-order chi connectivity index (χ1) is 11.2. The Kier molecular flexibility index (Phi) is 7.63. The van der Waals surface area contributed by atoms with E-state index in [-0.39, 0.29) is 0 Å². The van der Waals surface area contributed by atoms with Crippen molar-refractivity contribution < 1.29 is 4.74 Å². The zero-order valence-electron chi connectivity index (χ0n) is 15.4. The molecule has 0 radical (unpaired) electrons. The number of nitrogens with zero attached hydrogens (tertiary/aromatic N) is 2. The van der Waals surface area contributed by atoms with E-state index >= 15 is 0 Å². The first-order valence-corrected chi connectivity index (χ1v) is 9.38. The Morgan fingerprint density at radius 1 is 1.30 bits per heavy atom. The maximum absolute atomic E-state index is 5.60. The summed E-state index contributed by atoms with van der Waals surface area (Å²) in [5.41, 5.74) is 0.403. The third kappa shape index (κ3) is 5.96. The number of rotatable bonds is 8. The number of hydrogen-bond acceptors (Lipinski definition) is 3. The van der Waals surface area contributed by atoms with Gasteiger partial charge in [0, 0.05) is 39.9 Å². The summed E-state index contributed by atoms with van der Waals surface area (Å²) in [5, 5.41) is 7.11. The van der Waals surface area contributed by atoms with Crippen molar-refractivity contribution in [3.63, 3.8) is 0 Å². The van der Waals surface area contributed by atoms with Crippen LogP contribution in [0.2, 0.25) is 0 Å². The number of nitrogens with one attached hydrogen (secondary N) is 2. The van der Waals surface area contributed by atoms with Gasteiger partial charge in [-0.15, -0.1) is 0 Å². The van der Waals surface area contributed by atoms with Crippen LogP contribution in [0.1, 0.15) is 45.4 Å². The van der Waals surface area contributed by atoms with Gasteiger partial charge < -0.3 is 20.3 Å². The van der Waals surface area contributed by atoms with E-state index < -0.39 is 0 Å². The highest BCUT2D eigenvalue weighted by atomic mass is 16.5. The van der Waals surface area contributed by atoms with Gasteiger partial charge in [0.2, 0.25) is 0 Å². The second-order valence-corrected chi connectivity index (χ2v) is 7.38. The molecule has 23 heavy (non-hydrogen) atoms. The molecule has 0 bridgehead atoms. The van der Waals surface area contributed by atoms with Crippen molar-refractivity contribution in [3.8, 4) is 0 Å². The number of likely N-dealkylation sites (tertiary alicyclic amines) is 1. The minimum atomic E-state index is 0.403. The van der Waals surface area contributed by atoms with Crippen LogP contribution in [-0.2, 0) is 4.74 Å². The van der Waals surface area contributed by atoms with Crippen molar-refractivity contribution in [1.29, 1.82) is 0 Å². The molecule has 0 amide bonds. The molecule has 1 atom stereocenters. The van der Waals surface area contributed by atoms with Crippen LogP contribution >= 0.6 is 0 Å². The average molecular weight is 325 g/mol. The first-order valence-electron chi connectivity index (χ1n) is 9.38. The summed E-state index contributed by atoms with van der Waals surface area (Å²) < 4.78 is 5.60. The SMILES string of the molecule is CCOCCC1(CNC(=NC)NCC2CCN(C)C2)CCCC1. The van der Waals surface area contributed by atoms with Crippen LogP contribution in [-0.4, -0.2) is 64.3 Å². The van der Waals surface area contributed by atoms with Crippen molar-refractivity contribution in [2.45, 2.75) is 45.4 Å². The molecule has 1 saturated carbocycles. The monoisotopic (exact) mass is 324 g/mol. The minimum absolute atomic E-state index is 0.403. The molecular weight excluding hydrogens is 288 g/mol. The van der Waals surface area contributed by atoms with E-state index in [2.05, 4.69) is 34.5 Å². The molecule has 5 nitrogen and oxygen atoms in total. The standard InChI is InChI=1S/C18H36N4O/c1-4-23-12-10-18(8-5-6-9-18)15-21-17(19-2)20-13-16-7-11-22(3)14-16/h16H,4-15H2,1-3H3,(H2,19,20,21). The van der Waals surface area contributed by atoms with E-state index in [0.717, 1.165) is 44.6 Å². The molecule has 1 heterocycles. The number of ether oxygens (including phenoxy) is 1. The zero-order chi connectivity index (χ0) is 16.5. The van der Waals surface area contributed by atoms with Crippen molar-refractivity contribution in [3.05, 3.63) is 0 Å². The predicted molar refractivity (Wildman–Crippen MR) is 97.0 cm³/mol. The molecule has 0 aromatic heterocycles. The van der Waals surface area contributed by atoms with Crippen LogP contribution in [0.3, 0.4) is 0 Å². The summed E-state index contributed by atoms with van der Waals surface area (Å²) in [6, 6.07) is 0. The molecule has 1 saturated heterocycles. The second-order valence-electron chi connectivity index (χ2n) is 7.38. The smallest absolute Gasteiger partial charge is 0.191 e. The zero-order valence-corrected chi connectivity index (χ0v) is 15.4. The molecule has 134 valence electrons. The molecule has 0 spiro atoms. The molecule has 2 aliphatic rings. The van der Waals surface area contributed by atoms with E-state index in [0.29, 0.717) is 5.41 Å². The largest absolute Gasteiger partial charge is 0.382 e. The van der Waals surface area contributed by atoms with Gasteiger partial charge in [-0.3, -0.25) is 4.99 Å². The van der Waals surface area contributed by atoms with Gasteiger partial charge in [-0.25, -0.2) is 0 Å². The number of hydrogen-bond donors (Lipinski definition) is 2. The van der Waals surface area contributed by atoms with Crippen molar-refractivity contribution >= 4 is 5.96 Å². The van der Waals surface area contributed by atoms with E-state index in [1.165, 1.54) is 45.2 Å². The lowest BCUT2D eigenvalue weighted by Gasteiger charge is -2.30. The van der Waals surface area contributed by atoms with Gasteiger partial charge in [-0.05, 0) is 57.5 Å².